The average Bonchev–Trinajstić information content (AvgIpc) is 1.62. The molecule has 566 valence electrons. The summed E-state index contributed by atoms with van der Waals surface area (Å²) in [6.07, 6.45) is -9.40. The number of carboxylic acids is 1. The number of carbonyl (C=O) groups is 4. The van der Waals surface area contributed by atoms with Crippen LogP contribution in [0.2, 0.25) is 0 Å². The van der Waals surface area contributed by atoms with E-state index in [1.54, 1.807) is 72.8 Å². The van der Waals surface area contributed by atoms with Gasteiger partial charge in [0, 0.05) is 25.7 Å². The van der Waals surface area contributed by atoms with Crippen LogP contribution in [0.4, 0.5) is 35.1 Å². The van der Waals surface area contributed by atoms with Gasteiger partial charge >= 0.3 is 43.2 Å². The van der Waals surface area contributed by atoms with Crippen LogP contribution in [0.25, 0.3) is 20.4 Å². The summed E-state index contributed by atoms with van der Waals surface area (Å²) in [6, 6.07) is 25.0. The number of aliphatic carboxylic acids is 1. The predicted molar refractivity (Wildman–Crippen MR) is 360 cm³/mol. The zero-order valence-electron chi connectivity index (χ0n) is 55.9. The van der Waals surface area contributed by atoms with Gasteiger partial charge in [-0.3, -0.25) is 9.59 Å². The Kier molecular flexibility index (Phi) is 29.3. The fourth-order valence-corrected chi connectivity index (χ4v) is 13.1. The number of alkyl halides is 8. The van der Waals surface area contributed by atoms with Gasteiger partial charge < -0.3 is 55.1 Å². The van der Waals surface area contributed by atoms with Crippen LogP contribution >= 0.6 is 22.7 Å². The summed E-state index contributed by atoms with van der Waals surface area (Å²) in [7, 11) is -6.88. The second-order valence-corrected chi connectivity index (χ2v) is 28.5. The Morgan fingerprint density at radius 3 is 1.22 bits per heavy atom. The second kappa shape index (κ2) is 37.1. The van der Waals surface area contributed by atoms with Gasteiger partial charge in [0.05, 0.1) is 51.1 Å². The van der Waals surface area contributed by atoms with Crippen LogP contribution in [-0.2, 0) is 95.2 Å². The molecule has 4 heterocycles. The number of aliphatic hydroxyl groups is 2. The number of hydrogen-bond acceptors (Lipinski definition) is 24. The van der Waals surface area contributed by atoms with E-state index in [9.17, 15) is 86.5 Å². The molecular formula is C65H63F8LiN12O17S4. The largest absolute Gasteiger partial charge is 1.00 e. The molecule has 0 aliphatic rings. The molecule has 4 aromatic heterocycles. The maximum absolute atomic E-state index is 13.9. The van der Waals surface area contributed by atoms with Crippen molar-refractivity contribution in [3.05, 3.63) is 191 Å². The number of aliphatic hydroxyl groups excluding tert-OH is 2. The summed E-state index contributed by atoms with van der Waals surface area (Å²) >= 11 is 1.74. The maximum atomic E-state index is 13.9. The molecule has 10 rings (SSSR count). The first-order chi connectivity index (χ1) is 49.7. The van der Waals surface area contributed by atoms with Crippen molar-refractivity contribution in [2.24, 2.45) is 10.3 Å². The van der Waals surface area contributed by atoms with Gasteiger partial charge in [-0.1, -0.05) is 59.0 Å². The molecule has 0 fully saturated rings. The smallest absolute Gasteiger partial charge is 0.870 e. The monoisotopic (exact) mass is 1570 g/mol. The first-order valence-corrected chi connectivity index (χ1v) is 35.5. The number of nitrogens with one attached hydrogen (secondary N) is 2. The standard InChI is InChI=1S/C33H32F4N6O8S2.C32H30F4N6O8S2.Li.H2O/c1-49-31(46)27(12-19-2-6-21(7-3-19)33(35,36)37)39-30(45)28(13-20-4-8-24(9-5-20)51-18-23(44)15-34)43-16-22(41-42-43)17-50-25-10-11-26-29(14-25)52-32(40-26)53(38,47)48;33-14-22(43)17-50-23-7-3-19(4-8-23)12-27(29(44)38-26(30(45)46)11-18-1-5-20(6-2-18)32(34,35)36)42-15-21(40-41-42)16-49-24-9-10-25-28(13-24)51-31(39-25)52(37,47)48;;/h2-11,14,16,23,27-28,44H,12-13,15,17-18H2,1H3,(H,39,45)(H2,38,47,48);1-10,13,15,22,26-27,43H,11-12,14,16-17H2,(H,38,44)(H,45,46)(H2,37,47,48);;1H2/q;;+1;/p-1/t23?,27-,28-;22?,26-,27-;;/m00../s1. The number of fused-ring (bicyclic) bond motifs is 2. The number of halogens is 8. The summed E-state index contributed by atoms with van der Waals surface area (Å²) in [5.74, 6) is -2.39. The third-order valence-corrected chi connectivity index (χ3v) is 19.8. The van der Waals surface area contributed by atoms with E-state index in [0.29, 0.717) is 65.8 Å². The van der Waals surface area contributed by atoms with Crippen LogP contribution in [0.15, 0.2) is 155 Å². The molecule has 10 aromatic rings. The number of sulfonamides is 2. The Morgan fingerprint density at radius 1 is 0.533 bits per heavy atom. The molecule has 0 bridgehead atoms. The minimum atomic E-state index is -4.58. The van der Waals surface area contributed by atoms with E-state index in [1.807, 2.05) is 0 Å². The number of carboxylic acid groups (broad SMARTS) is 1. The zero-order chi connectivity index (χ0) is 76.0. The van der Waals surface area contributed by atoms with Gasteiger partial charge in [0.1, 0.15) is 111 Å². The van der Waals surface area contributed by atoms with E-state index in [1.165, 1.54) is 46.0 Å². The Balaban J connectivity index is 0.000000293. The van der Waals surface area contributed by atoms with Gasteiger partial charge in [-0.05, 0) is 107 Å². The van der Waals surface area contributed by atoms with E-state index in [-0.39, 0.29) is 96.4 Å². The normalized spacial score (nSPS) is 13.4. The fourth-order valence-electron chi connectivity index (χ4n) is 9.75. The second-order valence-electron chi connectivity index (χ2n) is 23.0. The molecule has 107 heavy (non-hydrogen) atoms. The van der Waals surface area contributed by atoms with Crippen molar-refractivity contribution >= 4 is 86.9 Å². The molecule has 0 saturated heterocycles. The minimum Gasteiger partial charge on any atom is -0.870 e. The molecule has 0 aliphatic heterocycles. The van der Waals surface area contributed by atoms with Gasteiger partial charge in [0.2, 0.25) is 20.5 Å². The fraction of sp³-hybridized carbons (Fsp3) is 0.292. The third kappa shape index (κ3) is 24.1. The Hall–Kier alpha value is -9.80. The van der Waals surface area contributed by atoms with Gasteiger partial charge in [0.15, 0.2) is 0 Å². The zero-order valence-corrected chi connectivity index (χ0v) is 59.1. The number of ether oxygens (including phenoxy) is 5. The summed E-state index contributed by atoms with van der Waals surface area (Å²) < 4.78 is 180. The topological polar surface area (TPSA) is 437 Å². The number of carbonyl (C=O) groups excluding carboxylic acids is 3. The number of amides is 2. The number of primary sulfonamides is 2. The molecule has 42 heteroatoms. The van der Waals surface area contributed by atoms with Gasteiger partial charge in [0.25, 0.3) is 20.0 Å². The minimum absolute atomic E-state index is 0. The van der Waals surface area contributed by atoms with Crippen molar-refractivity contribution in [3.8, 4) is 23.0 Å². The molecule has 6 atom stereocenters. The molecule has 6 aromatic carbocycles. The number of aromatic nitrogens is 8. The summed E-state index contributed by atoms with van der Waals surface area (Å²) in [6.45, 7) is -2.77. The Morgan fingerprint density at radius 2 is 0.879 bits per heavy atom. The number of methoxy groups -OCH3 is 1. The molecule has 10 N–H and O–H groups in total. The molecule has 29 nitrogen and oxygen atoms in total. The maximum Gasteiger partial charge on any atom is 1.00 e. The van der Waals surface area contributed by atoms with Gasteiger partial charge in [-0.15, -0.1) is 32.9 Å². The molecule has 2 unspecified atom stereocenters. The van der Waals surface area contributed by atoms with Crippen molar-refractivity contribution in [2.45, 2.75) is 96.3 Å². The van der Waals surface area contributed by atoms with Crippen molar-refractivity contribution in [3.63, 3.8) is 0 Å². The van der Waals surface area contributed by atoms with Crippen LogP contribution in [0.5, 0.6) is 23.0 Å². The summed E-state index contributed by atoms with van der Waals surface area (Å²) in [5, 5.41) is 60.6. The van der Waals surface area contributed by atoms with Crippen LogP contribution in [0.3, 0.4) is 0 Å². The van der Waals surface area contributed by atoms with Crippen LogP contribution < -0.4 is 58.7 Å². The number of rotatable bonds is 32. The summed E-state index contributed by atoms with van der Waals surface area (Å²) in [5.41, 5.74) is 1.32. The molecule has 2 amide bonds. The SMILES string of the molecule is COC(=O)[C@H](Cc1ccc(C(F)(F)F)cc1)NC(=O)[C@H](Cc1ccc(OCC(O)CF)cc1)n1cc(COc2ccc3nc(S(N)(=O)=O)sc3c2)nn1.NS(=O)(=O)c1nc2ccc(OCc3cn([C@@H](Cc4ccc(OCC(O)CF)cc4)C(=O)N[C@@H](Cc4ccc(C(F)(F)F)cc4)C(=O)O)nn3)cc2s1.[Li+].[OH-]. The van der Waals surface area contributed by atoms with E-state index in [4.69, 9.17) is 34.0 Å². The van der Waals surface area contributed by atoms with E-state index in [2.05, 4.69) is 41.2 Å². The van der Waals surface area contributed by atoms with E-state index in [0.717, 1.165) is 66.2 Å². The Labute approximate surface area is 622 Å². The number of hydrogen-bond donors (Lipinski definition) is 7. The summed E-state index contributed by atoms with van der Waals surface area (Å²) in [4.78, 5) is 60.5. The van der Waals surface area contributed by atoms with Gasteiger partial charge in [-0.25, -0.2) is 64.8 Å². The molecule has 0 radical (unpaired) electrons. The van der Waals surface area contributed by atoms with Crippen molar-refractivity contribution < 1.29 is 134 Å². The molecule has 0 saturated carbocycles. The van der Waals surface area contributed by atoms with E-state index < -0.39 is 117 Å². The number of esters is 1. The van der Waals surface area contributed by atoms with Crippen molar-refractivity contribution in [1.82, 2.24) is 50.6 Å². The average molecular weight is 1570 g/mol. The van der Waals surface area contributed by atoms with E-state index >= 15 is 0 Å². The molecule has 0 spiro atoms. The third-order valence-electron chi connectivity index (χ3n) is 15.1. The van der Waals surface area contributed by atoms with Crippen molar-refractivity contribution in [1.29, 1.82) is 0 Å². The van der Waals surface area contributed by atoms with Crippen LogP contribution in [-0.4, -0.2) is 159 Å². The number of nitrogens with zero attached hydrogens (tertiary/aromatic N) is 8. The molecular weight excluding hydrogens is 1510 g/mol. The van der Waals surface area contributed by atoms with Crippen LogP contribution in [0, 0.1) is 0 Å². The number of thiazole rings is 2. The number of benzene rings is 6. The first-order valence-electron chi connectivity index (χ1n) is 30.8. The van der Waals surface area contributed by atoms with Crippen molar-refractivity contribution in [2.75, 3.05) is 33.7 Å². The van der Waals surface area contributed by atoms with Gasteiger partial charge in [-0.2, -0.15) is 26.3 Å². The Bertz CT molecular complexity index is 4890. The first kappa shape index (κ1) is 84.5. The van der Waals surface area contributed by atoms with Crippen LogP contribution in [0.1, 0.15) is 56.9 Å². The number of nitrogens with two attached hydrogens (primary N) is 2. The predicted octanol–water partition coefficient (Wildman–Crippen LogP) is 3.79. The quantitative estimate of drug-likeness (QED) is 0.0179. The molecule has 0 aliphatic carbocycles.